The molecule has 0 saturated heterocycles. The van der Waals surface area contributed by atoms with Crippen molar-refractivity contribution in [1.82, 2.24) is 0 Å². The van der Waals surface area contributed by atoms with Crippen LogP contribution in [0.25, 0.3) is 0 Å². The van der Waals surface area contributed by atoms with E-state index in [4.69, 9.17) is 0 Å². The molecule has 0 aliphatic carbocycles. The first-order valence-electron chi connectivity index (χ1n) is 14.7. The van der Waals surface area contributed by atoms with Crippen molar-refractivity contribution in [3.05, 3.63) is 23.3 Å². The fraction of sp³-hybridized carbons (Fsp3) is 0.708. The van der Waals surface area contributed by atoms with Crippen molar-refractivity contribution in [2.24, 2.45) is 0 Å². The molecule has 0 spiro atoms. The molecule has 0 bridgehead atoms. The fourth-order valence-electron chi connectivity index (χ4n) is 4.13. The molecule has 392 valence electrons. The summed E-state index contributed by atoms with van der Waals surface area (Å²) in [5, 5.41) is 18.8. The largest absolute Gasteiger partial charge is 0.489 e. The van der Waals surface area contributed by atoms with E-state index >= 15 is 8.78 Å². The quantitative estimate of drug-likeness (QED) is 0.112. The molecular formula is C24H8BF34NO7. The van der Waals surface area contributed by atoms with Crippen LogP contribution in [0.4, 0.5) is 155 Å². The Labute approximate surface area is 340 Å². The number of carbonyl (C=O) groups is 1. The van der Waals surface area contributed by atoms with Crippen molar-refractivity contribution in [1.29, 1.82) is 0 Å². The van der Waals surface area contributed by atoms with Crippen LogP contribution in [-0.4, -0.2) is 108 Å². The lowest BCUT2D eigenvalue weighted by Crippen LogP contribution is -2.67. The number of carbonyl (C=O) groups excluding carboxylic acids is 1. The van der Waals surface area contributed by atoms with E-state index in [9.17, 15) is 155 Å². The van der Waals surface area contributed by atoms with E-state index in [1.165, 1.54) is 0 Å². The molecule has 0 saturated carbocycles. The third-order valence-corrected chi connectivity index (χ3v) is 7.21. The SMILES string of the molecule is CC(=O)Nc1c(C(F)(OC(F)(F)C(F)(OC(F)(F)C(F)(F)C(F)(F)F)C(F)(F)F)C(F)(F)F)ccc(B(O)O)c1C(F)(OC(F)(F)C(F)(OC(F)(F)C(F)(F)C(F)(F)F)C(F)(F)F)C(F)(F)F. The van der Waals surface area contributed by atoms with Gasteiger partial charge in [0.2, 0.25) is 5.91 Å². The average molecular weight is 1080 g/mol. The van der Waals surface area contributed by atoms with Crippen LogP contribution in [0.1, 0.15) is 18.1 Å². The number of rotatable bonds is 16. The summed E-state index contributed by atoms with van der Waals surface area (Å²) in [5.41, 5.74) is -16.2. The average Bonchev–Trinajstić information content (AvgIpc) is 3.03. The monoisotopic (exact) mass is 1080 g/mol. The molecule has 43 heteroatoms. The molecule has 1 aromatic rings. The zero-order valence-electron chi connectivity index (χ0n) is 29.5. The van der Waals surface area contributed by atoms with Gasteiger partial charge in [0, 0.05) is 18.1 Å². The fourth-order valence-corrected chi connectivity index (χ4v) is 4.13. The van der Waals surface area contributed by atoms with Gasteiger partial charge in [-0.05, 0) is 5.46 Å². The number of alkyl halides is 34. The van der Waals surface area contributed by atoms with Gasteiger partial charge in [-0.1, -0.05) is 12.1 Å². The maximum absolute atomic E-state index is 16.2. The number of hydrogen-bond acceptors (Lipinski definition) is 7. The number of benzene rings is 1. The Morgan fingerprint density at radius 1 is 0.433 bits per heavy atom. The third kappa shape index (κ3) is 10.4. The van der Waals surface area contributed by atoms with Crippen molar-refractivity contribution >= 4 is 24.2 Å². The second-order valence-electron chi connectivity index (χ2n) is 12.0. The summed E-state index contributed by atoms with van der Waals surface area (Å²) >= 11 is 0. The lowest BCUT2D eigenvalue weighted by atomic mass is 9.73. The third-order valence-electron chi connectivity index (χ3n) is 7.21. The molecule has 0 aromatic heterocycles. The van der Waals surface area contributed by atoms with E-state index in [-0.39, 0.29) is 5.32 Å². The van der Waals surface area contributed by atoms with Crippen molar-refractivity contribution < 1.29 is 183 Å². The molecule has 0 aliphatic heterocycles. The second-order valence-corrected chi connectivity index (χ2v) is 12.0. The van der Waals surface area contributed by atoms with Crippen LogP contribution in [0.3, 0.4) is 0 Å². The molecule has 3 N–H and O–H groups in total. The molecule has 0 radical (unpaired) electrons. The number of halogens is 34. The molecule has 0 heterocycles. The Kier molecular flexibility index (Phi) is 15.4. The summed E-state index contributed by atoms with van der Waals surface area (Å²) in [4.78, 5) is 11.8. The van der Waals surface area contributed by atoms with Gasteiger partial charge in [-0.2, -0.15) is 149 Å². The minimum atomic E-state index is -8.94. The number of ether oxygens (including phenoxy) is 4. The first kappa shape index (κ1) is 61.2. The zero-order valence-corrected chi connectivity index (χ0v) is 29.5. The van der Waals surface area contributed by atoms with Crippen LogP contribution in [0.15, 0.2) is 12.1 Å². The van der Waals surface area contributed by atoms with Crippen LogP contribution >= 0.6 is 0 Å². The molecule has 0 fully saturated rings. The highest BCUT2D eigenvalue weighted by atomic mass is 19.5. The van der Waals surface area contributed by atoms with Crippen molar-refractivity contribution in [3.8, 4) is 0 Å². The maximum atomic E-state index is 16.2. The Morgan fingerprint density at radius 3 is 0.970 bits per heavy atom. The minimum absolute atomic E-state index is 0.0219. The van der Waals surface area contributed by atoms with Gasteiger partial charge in [0.25, 0.3) is 0 Å². The summed E-state index contributed by atoms with van der Waals surface area (Å²) in [5.74, 6) is -53.8. The smallest absolute Gasteiger partial charge is 0.423 e. The summed E-state index contributed by atoms with van der Waals surface area (Å²) in [6.07, 6.45) is -85.2. The molecule has 4 unspecified atom stereocenters. The highest BCUT2D eigenvalue weighted by molar-refractivity contribution is 6.59. The summed E-state index contributed by atoms with van der Waals surface area (Å²) < 4.78 is 476. The predicted molar refractivity (Wildman–Crippen MR) is 134 cm³/mol. The van der Waals surface area contributed by atoms with E-state index in [0.29, 0.717) is 0 Å². The Morgan fingerprint density at radius 2 is 0.731 bits per heavy atom. The summed E-state index contributed by atoms with van der Waals surface area (Å²) in [6.45, 7) is -0.526. The first-order valence-corrected chi connectivity index (χ1v) is 14.7. The van der Waals surface area contributed by atoms with Gasteiger partial charge in [0.1, 0.15) is 0 Å². The van der Waals surface area contributed by atoms with E-state index in [2.05, 4.69) is 0 Å². The number of anilines is 1. The molecule has 0 aliphatic rings. The first-order chi connectivity index (χ1) is 28.7. The highest BCUT2D eigenvalue weighted by Crippen LogP contribution is 2.62. The van der Waals surface area contributed by atoms with Gasteiger partial charge >= 0.3 is 104 Å². The summed E-state index contributed by atoms with van der Waals surface area (Å²) in [7, 11) is -4.56. The molecule has 1 rings (SSSR count). The van der Waals surface area contributed by atoms with Crippen LogP contribution in [0, 0.1) is 0 Å². The lowest BCUT2D eigenvalue weighted by molar-refractivity contribution is -0.554. The van der Waals surface area contributed by atoms with Crippen LogP contribution < -0.4 is 10.8 Å². The normalized spacial score (nSPS) is 18.7. The molecule has 8 nitrogen and oxygen atoms in total. The van der Waals surface area contributed by atoms with E-state index in [1.54, 1.807) is 9.47 Å². The summed E-state index contributed by atoms with van der Waals surface area (Å²) in [6, 6.07) is -3.15. The van der Waals surface area contributed by atoms with Crippen LogP contribution in [0.2, 0.25) is 0 Å². The molecule has 4 atom stereocenters. The Bertz CT molecular complexity index is 1950. The highest BCUT2D eigenvalue weighted by Gasteiger charge is 2.87. The standard InChI is InChI=1S/C24H8BF34NO7/c1-4(61)60-8-5(9(26,15(34,35)36)64-23(56,57)13(32,19(46,47)48)66-21(52,53)11(28,29)17(40,41)42)2-3-6(25(62)63)7(8)10(27,16(37,38)39)65-24(58,59)14(33,20(49,50)51)67-22(54,55)12(30,31)18(43,44)45/h2-3,62-63H,1H3,(H,60,61). The topological polar surface area (TPSA) is 106 Å². The van der Waals surface area contributed by atoms with Gasteiger partial charge < -0.3 is 15.4 Å². The van der Waals surface area contributed by atoms with Crippen LogP contribution in [0.5, 0.6) is 0 Å². The zero-order chi connectivity index (χ0) is 54.4. The minimum Gasteiger partial charge on any atom is -0.423 e. The van der Waals surface area contributed by atoms with Gasteiger partial charge in [0.05, 0.1) is 5.69 Å². The van der Waals surface area contributed by atoms with Crippen molar-refractivity contribution in [2.45, 2.75) is 104 Å². The predicted octanol–water partition coefficient (Wildman–Crippen LogP) is 9.98. The Hall–Kier alpha value is -3.87. The molecule has 67 heavy (non-hydrogen) atoms. The van der Waals surface area contributed by atoms with Gasteiger partial charge in [-0.25, -0.2) is 0 Å². The van der Waals surface area contributed by atoms with Gasteiger partial charge in [0.15, 0.2) is 0 Å². The Balaban J connectivity index is 4.78. The molecule has 1 aromatic carbocycles. The van der Waals surface area contributed by atoms with Crippen molar-refractivity contribution in [3.63, 3.8) is 0 Å². The van der Waals surface area contributed by atoms with Crippen LogP contribution in [-0.2, 0) is 35.5 Å². The van der Waals surface area contributed by atoms with E-state index in [0.717, 1.165) is 9.47 Å². The van der Waals surface area contributed by atoms with Gasteiger partial charge in [-0.3, -0.25) is 23.7 Å². The van der Waals surface area contributed by atoms with Gasteiger partial charge in [-0.15, -0.1) is 0 Å². The lowest BCUT2D eigenvalue weighted by Gasteiger charge is -2.42. The van der Waals surface area contributed by atoms with E-state index < -0.39 is 151 Å². The second kappa shape index (κ2) is 16.9. The number of hydrogen-bond donors (Lipinski definition) is 3. The number of amides is 1. The molecule has 1 amide bonds. The van der Waals surface area contributed by atoms with E-state index in [1.807, 2.05) is 0 Å². The number of nitrogens with one attached hydrogen (secondary N) is 1. The molecular weight excluding hydrogens is 1070 g/mol. The maximum Gasteiger partial charge on any atom is 0.489 e. The van der Waals surface area contributed by atoms with Crippen molar-refractivity contribution in [2.75, 3.05) is 5.32 Å².